The second-order valence-corrected chi connectivity index (χ2v) is 12.2. The molecule has 1 aromatic heterocycles. The number of nitrogen functional groups attached to an aromatic ring is 1. The van der Waals surface area contributed by atoms with Crippen molar-refractivity contribution in [3.05, 3.63) is 102 Å². The number of nitrogens with two attached hydrogens (primary N) is 2. The molecule has 44 heavy (non-hydrogen) atoms. The lowest BCUT2D eigenvalue weighted by atomic mass is 10.0. The lowest BCUT2D eigenvalue weighted by Gasteiger charge is -2.22. The molecule has 3 amide bonds. The molecule has 0 saturated carbocycles. The van der Waals surface area contributed by atoms with Crippen LogP contribution in [0, 0.1) is 0 Å². The van der Waals surface area contributed by atoms with E-state index in [2.05, 4.69) is 20.3 Å². The number of anilines is 1. The molecule has 4 atom stereocenters. The van der Waals surface area contributed by atoms with E-state index in [1.807, 2.05) is 42.5 Å². The zero-order chi connectivity index (χ0) is 31.3. The number of aromatic nitrogens is 1. The van der Waals surface area contributed by atoms with Crippen molar-refractivity contribution in [3.63, 3.8) is 0 Å². The lowest BCUT2D eigenvalue weighted by molar-refractivity contribution is -0.127. The fraction of sp³-hybridized carbons (Fsp3) is 0.226. The first-order chi connectivity index (χ1) is 21.1. The van der Waals surface area contributed by atoms with Gasteiger partial charge in [-0.2, -0.15) is 0 Å². The highest BCUT2D eigenvalue weighted by Gasteiger charge is 2.46. The van der Waals surface area contributed by atoms with E-state index in [0.717, 1.165) is 10.9 Å². The molecule has 228 valence electrons. The van der Waals surface area contributed by atoms with E-state index < -0.39 is 58.5 Å². The first-order valence-corrected chi connectivity index (χ1v) is 15.4. The number of hydrogen-bond donors (Lipinski definition) is 5. The summed E-state index contributed by atoms with van der Waals surface area (Å²) in [5, 5.41) is 6.31. The topological polar surface area (TPSA) is 199 Å². The zero-order valence-electron chi connectivity index (χ0n) is 23.6. The summed E-state index contributed by atoms with van der Waals surface area (Å²) < 4.78 is 33.8. The van der Waals surface area contributed by atoms with Crippen LogP contribution in [0.5, 0.6) is 0 Å². The largest absolute Gasteiger partial charge is 0.399 e. The molecule has 0 bridgehead atoms. The number of carbonyl (C=O) groups is 3. The second kappa shape index (κ2) is 13.2. The molecule has 2 heterocycles. The number of para-hydroxylation sites is 1. The SMILES string of the molecule is NC(=O)CC(NC(=O)c1ccc2ccccc2n1)C(=O)N[C@@H](Cc1ccccc1)[C@H]1O[C@H]1CNS(=O)(=O)c1ccc(N)cc1. The zero-order valence-corrected chi connectivity index (χ0v) is 24.4. The Morgan fingerprint density at radius 1 is 0.886 bits per heavy atom. The molecular weight excluding hydrogens is 584 g/mol. The maximum absolute atomic E-state index is 13.5. The molecule has 1 fully saturated rings. The normalized spacial score (nSPS) is 17.4. The van der Waals surface area contributed by atoms with Crippen LogP contribution in [0.15, 0.2) is 95.9 Å². The molecule has 12 nitrogen and oxygen atoms in total. The highest BCUT2D eigenvalue weighted by molar-refractivity contribution is 7.89. The van der Waals surface area contributed by atoms with Gasteiger partial charge in [0.25, 0.3) is 5.91 Å². The van der Waals surface area contributed by atoms with Crippen molar-refractivity contribution in [2.24, 2.45) is 5.73 Å². The molecule has 0 radical (unpaired) electrons. The number of nitrogens with zero attached hydrogens (tertiary/aromatic N) is 1. The standard InChI is InChI=1S/C31H32N6O6S/c32-21-11-13-22(14-12-21)44(41,42)34-18-27-29(43-27)25(16-19-6-2-1-3-7-19)36-31(40)26(17-28(33)38)37-30(39)24-15-10-20-8-4-5-9-23(20)35-24/h1-15,25-27,29,34H,16-18,32H2,(H2,33,38)(H,36,40)(H,37,39)/t25-,26?,27-,29+/m0/s1. The Hall–Kier alpha value is -4.85. The smallest absolute Gasteiger partial charge is 0.270 e. The minimum absolute atomic E-state index is 0.0341. The summed E-state index contributed by atoms with van der Waals surface area (Å²) in [6.07, 6.45) is -1.17. The van der Waals surface area contributed by atoms with Crippen LogP contribution in [0.25, 0.3) is 10.9 Å². The van der Waals surface area contributed by atoms with Crippen molar-refractivity contribution in [1.82, 2.24) is 20.3 Å². The van der Waals surface area contributed by atoms with E-state index in [-0.39, 0.29) is 17.1 Å². The van der Waals surface area contributed by atoms with Crippen molar-refractivity contribution in [1.29, 1.82) is 0 Å². The van der Waals surface area contributed by atoms with Gasteiger partial charge >= 0.3 is 0 Å². The molecule has 1 unspecified atom stereocenters. The summed E-state index contributed by atoms with van der Waals surface area (Å²) >= 11 is 0. The van der Waals surface area contributed by atoms with E-state index >= 15 is 0 Å². The number of fused-ring (bicyclic) bond motifs is 1. The van der Waals surface area contributed by atoms with Gasteiger partial charge < -0.3 is 26.8 Å². The van der Waals surface area contributed by atoms with E-state index in [0.29, 0.717) is 17.6 Å². The Labute approximate surface area is 254 Å². The predicted octanol–water partition coefficient (Wildman–Crippen LogP) is 1.26. The Bertz CT molecular complexity index is 1770. The molecule has 13 heteroatoms. The van der Waals surface area contributed by atoms with Gasteiger partial charge in [0.15, 0.2) is 0 Å². The van der Waals surface area contributed by atoms with Crippen molar-refractivity contribution in [2.45, 2.75) is 42.0 Å². The van der Waals surface area contributed by atoms with Gasteiger partial charge in [0.2, 0.25) is 21.8 Å². The van der Waals surface area contributed by atoms with Gasteiger partial charge in [-0.25, -0.2) is 18.1 Å². The number of primary amides is 1. The third-order valence-corrected chi connectivity index (χ3v) is 8.61. The molecule has 4 aromatic rings. The first kappa shape index (κ1) is 30.6. The average molecular weight is 617 g/mol. The summed E-state index contributed by atoms with van der Waals surface area (Å²) in [5.74, 6) is -2.07. The van der Waals surface area contributed by atoms with Gasteiger partial charge in [-0.15, -0.1) is 0 Å². The number of sulfonamides is 1. The number of pyridine rings is 1. The number of amides is 3. The Morgan fingerprint density at radius 2 is 1.59 bits per heavy atom. The molecule has 1 aliphatic heterocycles. The first-order valence-electron chi connectivity index (χ1n) is 13.9. The van der Waals surface area contributed by atoms with Gasteiger partial charge in [0.1, 0.15) is 17.8 Å². The third-order valence-electron chi connectivity index (χ3n) is 7.17. The van der Waals surface area contributed by atoms with E-state index in [1.54, 1.807) is 18.2 Å². The number of benzene rings is 3. The minimum Gasteiger partial charge on any atom is -0.399 e. The van der Waals surface area contributed by atoms with Crippen molar-refractivity contribution < 1.29 is 27.5 Å². The van der Waals surface area contributed by atoms with Crippen LogP contribution in [0.4, 0.5) is 5.69 Å². The Morgan fingerprint density at radius 3 is 2.32 bits per heavy atom. The van der Waals surface area contributed by atoms with Crippen LogP contribution >= 0.6 is 0 Å². The van der Waals surface area contributed by atoms with Gasteiger partial charge in [-0.05, 0) is 48.4 Å². The quantitative estimate of drug-likeness (QED) is 0.109. The average Bonchev–Trinajstić information content (AvgIpc) is 3.79. The molecule has 7 N–H and O–H groups in total. The van der Waals surface area contributed by atoms with Crippen LogP contribution in [0.1, 0.15) is 22.5 Å². The van der Waals surface area contributed by atoms with Crippen LogP contribution < -0.4 is 26.8 Å². The number of rotatable bonds is 13. The molecule has 0 aliphatic carbocycles. The predicted molar refractivity (Wildman–Crippen MR) is 164 cm³/mol. The van der Waals surface area contributed by atoms with Gasteiger partial charge in [-0.3, -0.25) is 14.4 Å². The van der Waals surface area contributed by atoms with E-state index in [1.165, 1.54) is 30.3 Å². The Balaban J connectivity index is 1.28. The summed E-state index contributed by atoms with van der Waals surface area (Å²) in [4.78, 5) is 42.9. The number of nitrogens with one attached hydrogen (secondary N) is 3. The summed E-state index contributed by atoms with van der Waals surface area (Å²) in [5.41, 5.74) is 13.1. The van der Waals surface area contributed by atoms with Crippen molar-refractivity contribution in [3.8, 4) is 0 Å². The summed E-state index contributed by atoms with van der Waals surface area (Å²) in [7, 11) is -3.82. The van der Waals surface area contributed by atoms with Gasteiger partial charge in [0, 0.05) is 17.6 Å². The highest BCUT2D eigenvalue weighted by Crippen LogP contribution is 2.28. The van der Waals surface area contributed by atoms with Crippen LogP contribution in [-0.4, -0.2) is 62.0 Å². The summed E-state index contributed by atoms with van der Waals surface area (Å²) in [6, 6.07) is 23.8. The van der Waals surface area contributed by atoms with Gasteiger partial charge in [-0.1, -0.05) is 54.6 Å². The lowest BCUT2D eigenvalue weighted by Crippen LogP contribution is -2.53. The molecule has 5 rings (SSSR count). The number of carbonyl (C=O) groups excluding carboxylic acids is 3. The Kier molecular flexibility index (Phi) is 9.18. The van der Waals surface area contributed by atoms with Crippen molar-refractivity contribution in [2.75, 3.05) is 12.3 Å². The molecule has 1 aliphatic rings. The third kappa shape index (κ3) is 7.75. The maximum atomic E-state index is 13.5. The van der Waals surface area contributed by atoms with Crippen LogP contribution in [0.3, 0.4) is 0 Å². The van der Waals surface area contributed by atoms with Crippen LogP contribution in [-0.2, 0) is 30.8 Å². The van der Waals surface area contributed by atoms with Crippen molar-refractivity contribution >= 4 is 44.3 Å². The van der Waals surface area contributed by atoms with E-state index in [4.69, 9.17) is 16.2 Å². The second-order valence-electron chi connectivity index (χ2n) is 10.5. The molecular formula is C31H32N6O6S. The fourth-order valence-electron chi connectivity index (χ4n) is 4.83. The minimum atomic E-state index is -3.82. The molecule has 0 spiro atoms. The fourth-order valence-corrected chi connectivity index (χ4v) is 5.88. The highest BCUT2D eigenvalue weighted by atomic mass is 32.2. The summed E-state index contributed by atoms with van der Waals surface area (Å²) in [6.45, 7) is -0.0341. The number of hydrogen-bond acceptors (Lipinski definition) is 8. The molecule has 1 saturated heterocycles. The van der Waals surface area contributed by atoms with E-state index in [9.17, 15) is 22.8 Å². The number of epoxide rings is 1. The maximum Gasteiger partial charge on any atom is 0.270 e. The monoisotopic (exact) mass is 616 g/mol. The molecule has 3 aromatic carbocycles. The van der Waals surface area contributed by atoms with Gasteiger partial charge in [0.05, 0.1) is 29.0 Å². The number of ether oxygens (including phenoxy) is 1. The van der Waals surface area contributed by atoms with Crippen LogP contribution in [0.2, 0.25) is 0 Å².